The van der Waals surface area contributed by atoms with Crippen LogP contribution in [0.5, 0.6) is 0 Å². The van der Waals surface area contributed by atoms with Crippen LogP contribution < -0.4 is 0 Å². The van der Waals surface area contributed by atoms with Crippen LogP contribution in [0, 0.1) is 0 Å². The van der Waals surface area contributed by atoms with Crippen LogP contribution in [0.25, 0.3) is 0 Å². The average Bonchev–Trinajstić information content (AvgIpc) is 3.16. The van der Waals surface area contributed by atoms with Gasteiger partial charge in [-0.2, -0.15) is 5.10 Å². The van der Waals surface area contributed by atoms with Gasteiger partial charge in [0.15, 0.2) is 0 Å². The third kappa shape index (κ3) is 3.69. The van der Waals surface area contributed by atoms with Crippen molar-refractivity contribution >= 4 is 11.6 Å². The summed E-state index contributed by atoms with van der Waals surface area (Å²) in [7, 11) is 0. The van der Waals surface area contributed by atoms with Crippen molar-refractivity contribution in [1.29, 1.82) is 0 Å². The smallest absolute Gasteiger partial charge is 0.257 e. The lowest BCUT2D eigenvalue weighted by molar-refractivity contribution is -0.135. The van der Waals surface area contributed by atoms with Gasteiger partial charge in [-0.15, -0.1) is 0 Å². The number of hydrogen-bond donors (Lipinski definition) is 0. The van der Waals surface area contributed by atoms with Crippen molar-refractivity contribution in [2.45, 2.75) is 12.5 Å². The van der Waals surface area contributed by atoms with Crippen LogP contribution >= 0.6 is 0 Å². The van der Waals surface area contributed by atoms with E-state index < -0.39 is 0 Å². The lowest BCUT2D eigenvalue weighted by Crippen LogP contribution is -2.43. The first kappa shape index (κ1) is 16.9. The molecule has 134 valence electrons. The molecule has 2 aliphatic rings. The maximum Gasteiger partial charge on any atom is 0.257 e. The molecule has 1 fully saturated rings. The summed E-state index contributed by atoms with van der Waals surface area (Å²) in [6.07, 6.45) is 0.739. The highest BCUT2D eigenvalue weighted by Crippen LogP contribution is 2.32. The highest BCUT2D eigenvalue weighted by atomic mass is 16.5. The Morgan fingerprint density at radius 2 is 1.65 bits per heavy atom. The zero-order chi connectivity index (χ0) is 17.8. The second kappa shape index (κ2) is 7.81. The molecule has 1 amide bonds. The molecule has 2 aromatic rings. The molecule has 0 saturated carbocycles. The van der Waals surface area contributed by atoms with E-state index in [0.29, 0.717) is 19.8 Å². The minimum absolute atomic E-state index is 0.0417. The first-order valence-corrected chi connectivity index (χ1v) is 9.11. The highest BCUT2D eigenvalue weighted by Gasteiger charge is 2.33. The molecule has 2 aromatic carbocycles. The molecule has 0 spiro atoms. The van der Waals surface area contributed by atoms with E-state index in [-0.39, 0.29) is 11.9 Å². The van der Waals surface area contributed by atoms with Crippen molar-refractivity contribution in [3.63, 3.8) is 0 Å². The number of hydrazone groups is 1. The fraction of sp³-hybridized carbons (Fsp3) is 0.333. The number of morpholine rings is 1. The maximum absolute atomic E-state index is 13.0. The Labute approximate surface area is 153 Å². The Kier molecular flexibility index (Phi) is 5.09. The van der Waals surface area contributed by atoms with Gasteiger partial charge in [0.1, 0.15) is 0 Å². The molecule has 5 nitrogen and oxygen atoms in total. The standard InChI is InChI=1S/C21H23N3O2/c25-21(16-23-11-13-26-14-12-23)24-20(18-9-5-2-6-10-18)15-19(22-24)17-7-3-1-4-8-17/h1-10,20H,11-16H2. The average molecular weight is 349 g/mol. The maximum atomic E-state index is 13.0. The van der Waals surface area contributed by atoms with Crippen molar-refractivity contribution in [3.05, 3.63) is 71.8 Å². The molecule has 0 radical (unpaired) electrons. The first-order chi connectivity index (χ1) is 12.8. The van der Waals surface area contributed by atoms with Gasteiger partial charge in [-0.25, -0.2) is 5.01 Å². The molecule has 2 heterocycles. The molecule has 0 aromatic heterocycles. The molecule has 2 aliphatic heterocycles. The first-order valence-electron chi connectivity index (χ1n) is 9.11. The number of carbonyl (C=O) groups is 1. The number of carbonyl (C=O) groups excluding carboxylic acids is 1. The lowest BCUT2D eigenvalue weighted by atomic mass is 9.98. The van der Waals surface area contributed by atoms with Crippen LogP contribution in [0.1, 0.15) is 23.6 Å². The van der Waals surface area contributed by atoms with Crippen molar-refractivity contribution in [3.8, 4) is 0 Å². The summed E-state index contributed by atoms with van der Waals surface area (Å²) in [6.45, 7) is 3.36. The minimum atomic E-state index is -0.0417. The monoisotopic (exact) mass is 349 g/mol. The Morgan fingerprint density at radius 3 is 2.35 bits per heavy atom. The van der Waals surface area contributed by atoms with Crippen LogP contribution in [-0.4, -0.2) is 54.4 Å². The fourth-order valence-electron chi connectivity index (χ4n) is 3.50. The summed E-state index contributed by atoms with van der Waals surface area (Å²) in [4.78, 5) is 15.2. The van der Waals surface area contributed by atoms with Crippen LogP contribution in [0.15, 0.2) is 65.8 Å². The van der Waals surface area contributed by atoms with E-state index in [9.17, 15) is 4.79 Å². The van der Waals surface area contributed by atoms with E-state index in [4.69, 9.17) is 9.84 Å². The number of amides is 1. The predicted molar refractivity (Wildman–Crippen MR) is 101 cm³/mol. The number of ether oxygens (including phenoxy) is 1. The zero-order valence-corrected chi connectivity index (χ0v) is 14.8. The summed E-state index contributed by atoms with van der Waals surface area (Å²) in [5, 5.41) is 6.41. The van der Waals surface area contributed by atoms with Gasteiger partial charge in [-0.3, -0.25) is 9.69 Å². The zero-order valence-electron chi connectivity index (χ0n) is 14.8. The van der Waals surface area contributed by atoms with Crippen LogP contribution in [0.2, 0.25) is 0 Å². The summed E-state index contributed by atoms with van der Waals surface area (Å²) >= 11 is 0. The number of benzene rings is 2. The lowest BCUT2D eigenvalue weighted by Gasteiger charge is -2.29. The van der Waals surface area contributed by atoms with Crippen molar-refractivity contribution in [1.82, 2.24) is 9.91 Å². The fourth-order valence-corrected chi connectivity index (χ4v) is 3.50. The second-order valence-corrected chi connectivity index (χ2v) is 6.67. The second-order valence-electron chi connectivity index (χ2n) is 6.67. The van der Waals surface area contributed by atoms with Crippen LogP contribution in [0.3, 0.4) is 0 Å². The van der Waals surface area contributed by atoms with Gasteiger partial charge in [-0.05, 0) is 11.1 Å². The van der Waals surface area contributed by atoms with E-state index in [1.54, 1.807) is 5.01 Å². The summed E-state index contributed by atoms with van der Waals surface area (Å²) in [6, 6.07) is 20.2. The molecule has 0 aliphatic carbocycles. The number of rotatable bonds is 4. The topological polar surface area (TPSA) is 45.1 Å². The van der Waals surface area contributed by atoms with Gasteiger partial charge in [0.2, 0.25) is 0 Å². The molecule has 1 atom stereocenters. The molecule has 0 N–H and O–H groups in total. The Balaban J connectivity index is 1.58. The minimum Gasteiger partial charge on any atom is -0.379 e. The Hall–Kier alpha value is -2.50. The molecule has 1 saturated heterocycles. The van der Waals surface area contributed by atoms with Crippen molar-refractivity contribution < 1.29 is 9.53 Å². The van der Waals surface area contributed by atoms with E-state index in [1.165, 1.54) is 0 Å². The number of nitrogens with zero attached hydrogens (tertiary/aromatic N) is 3. The molecule has 1 unspecified atom stereocenters. The van der Waals surface area contributed by atoms with Gasteiger partial charge >= 0.3 is 0 Å². The third-order valence-electron chi connectivity index (χ3n) is 4.92. The van der Waals surface area contributed by atoms with Gasteiger partial charge in [0.25, 0.3) is 5.91 Å². The quantitative estimate of drug-likeness (QED) is 0.853. The predicted octanol–water partition coefficient (Wildman–Crippen LogP) is 2.70. The van der Waals surface area contributed by atoms with Gasteiger partial charge in [0.05, 0.1) is 31.5 Å². The van der Waals surface area contributed by atoms with Crippen molar-refractivity contribution in [2.24, 2.45) is 5.10 Å². The van der Waals surface area contributed by atoms with Crippen LogP contribution in [-0.2, 0) is 9.53 Å². The normalized spacial score (nSPS) is 20.8. The molecule has 26 heavy (non-hydrogen) atoms. The van der Waals surface area contributed by atoms with E-state index in [2.05, 4.69) is 29.2 Å². The van der Waals surface area contributed by atoms with E-state index in [1.807, 2.05) is 36.4 Å². The highest BCUT2D eigenvalue weighted by molar-refractivity contribution is 6.03. The molecule has 0 bridgehead atoms. The van der Waals surface area contributed by atoms with E-state index >= 15 is 0 Å². The third-order valence-corrected chi connectivity index (χ3v) is 4.92. The largest absolute Gasteiger partial charge is 0.379 e. The van der Waals surface area contributed by atoms with E-state index in [0.717, 1.165) is 36.3 Å². The van der Waals surface area contributed by atoms with Gasteiger partial charge in [-0.1, -0.05) is 60.7 Å². The SMILES string of the molecule is O=C(CN1CCOCC1)N1N=C(c2ccccc2)CC1c1ccccc1. The summed E-state index contributed by atoms with van der Waals surface area (Å²) in [5.74, 6) is 0.0479. The van der Waals surface area contributed by atoms with Gasteiger partial charge < -0.3 is 4.74 Å². The Bertz CT molecular complexity index is 770. The molecule has 4 rings (SSSR count). The number of hydrogen-bond acceptors (Lipinski definition) is 4. The van der Waals surface area contributed by atoms with Crippen molar-refractivity contribution in [2.75, 3.05) is 32.8 Å². The molecular weight excluding hydrogens is 326 g/mol. The van der Waals surface area contributed by atoms with Crippen LogP contribution in [0.4, 0.5) is 0 Å². The summed E-state index contributed by atoms with van der Waals surface area (Å²) < 4.78 is 5.38. The molecular formula is C21H23N3O2. The summed E-state index contributed by atoms with van der Waals surface area (Å²) in [5.41, 5.74) is 3.17. The van der Waals surface area contributed by atoms with Gasteiger partial charge in [0, 0.05) is 19.5 Å². The molecule has 5 heteroatoms. The Morgan fingerprint density at radius 1 is 1.00 bits per heavy atom.